The van der Waals surface area contributed by atoms with Crippen molar-refractivity contribution in [2.24, 2.45) is 5.92 Å². The van der Waals surface area contributed by atoms with Crippen molar-refractivity contribution in [3.05, 3.63) is 35.6 Å². The quantitative estimate of drug-likeness (QED) is 0.758. The average Bonchev–Trinajstić information content (AvgIpc) is 2.50. The summed E-state index contributed by atoms with van der Waals surface area (Å²) in [6, 6.07) is 4.92. The van der Waals surface area contributed by atoms with E-state index in [1.54, 1.807) is 19.1 Å². The molecule has 5 nitrogen and oxygen atoms in total. The predicted molar refractivity (Wildman–Crippen MR) is 79.6 cm³/mol. The van der Waals surface area contributed by atoms with E-state index >= 15 is 0 Å². The number of ether oxygens (including phenoxy) is 2. The summed E-state index contributed by atoms with van der Waals surface area (Å²) < 4.78 is 22.8. The normalized spacial score (nSPS) is 11.9. The molecule has 122 valence electrons. The molecule has 6 heteroatoms. The van der Waals surface area contributed by atoms with Crippen LogP contribution in [0.5, 0.6) is 0 Å². The van der Waals surface area contributed by atoms with Gasteiger partial charge in [-0.15, -0.1) is 0 Å². The van der Waals surface area contributed by atoms with Crippen LogP contribution in [0.4, 0.5) is 9.18 Å². The van der Waals surface area contributed by atoms with Gasteiger partial charge in [0, 0.05) is 6.54 Å². The molecule has 0 aliphatic rings. The van der Waals surface area contributed by atoms with Gasteiger partial charge in [0.15, 0.2) is 0 Å². The summed E-state index contributed by atoms with van der Waals surface area (Å²) in [4.78, 5) is 25.2. The molecule has 0 aromatic heterocycles. The van der Waals surface area contributed by atoms with E-state index in [1.165, 1.54) is 24.1 Å². The fourth-order valence-electron chi connectivity index (χ4n) is 1.76. The summed E-state index contributed by atoms with van der Waals surface area (Å²) >= 11 is 0. The van der Waals surface area contributed by atoms with Crippen LogP contribution in [0.3, 0.4) is 0 Å². The minimum absolute atomic E-state index is 0.132. The van der Waals surface area contributed by atoms with Crippen LogP contribution in [-0.2, 0) is 20.8 Å². The van der Waals surface area contributed by atoms with Gasteiger partial charge in [-0.3, -0.25) is 4.90 Å². The molecule has 0 aliphatic carbocycles. The minimum atomic E-state index is -0.797. The number of carbonyl (C=O) groups is 2. The molecular weight excluding hydrogens is 289 g/mol. The van der Waals surface area contributed by atoms with E-state index < -0.39 is 18.1 Å². The molecule has 1 aromatic carbocycles. The molecular formula is C16H22FNO4. The number of esters is 1. The number of hydrogen-bond donors (Lipinski definition) is 0. The molecule has 1 atom stereocenters. The number of rotatable bonds is 6. The Bertz CT molecular complexity index is 501. The average molecular weight is 311 g/mol. The minimum Gasteiger partial charge on any atom is -0.467 e. The highest BCUT2D eigenvalue weighted by atomic mass is 19.1. The fourth-order valence-corrected chi connectivity index (χ4v) is 1.76. The molecule has 0 bridgehead atoms. The molecule has 1 rings (SSSR count). The maximum absolute atomic E-state index is 13.0. The first-order valence-electron chi connectivity index (χ1n) is 7.10. The van der Waals surface area contributed by atoms with E-state index in [1.807, 2.05) is 13.8 Å². The summed E-state index contributed by atoms with van der Waals surface area (Å²) in [5.74, 6) is -0.715. The Morgan fingerprint density at radius 3 is 2.27 bits per heavy atom. The monoisotopic (exact) mass is 311 g/mol. The van der Waals surface area contributed by atoms with E-state index in [0.717, 1.165) is 0 Å². The smallest absolute Gasteiger partial charge is 0.410 e. The molecule has 0 spiro atoms. The third-order valence-corrected chi connectivity index (χ3v) is 3.05. The summed E-state index contributed by atoms with van der Waals surface area (Å²) in [7, 11) is 1.26. The lowest BCUT2D eigenvalue weighted by atomic mass is 10.2. The zero-order chi connectivity index (χ0) is 16.7. The number of halogens is 1. The third kappa shape index (κ3) is 5.35. The fraction of sp³-hybridized carbons (Fsp3) is 0.500. The lowest BCUT2D eigenvalue weighted by Crippen LogP contribution is -2.43. The Balaban J connectivity index is 2.87. The van der Waals surface area contributed by atoms with Crippen molar-refractivity contribution in [1.82, 2.24) is 4.90 Å². The van der Waals surface area contributed by atoms with Crippen LogP contribution in [0, 0.1) is 11.7 Å². The van der Waals surface area contributed by atoms with Gasteiger partial charge in [0.25, 0.3) is 0 Å². The molecule has 0 N–H and O–H groups in total. The topological polar surface area (TPSA) is 55.8 Å². The largest absolute Gasteiger partial charge is 0.467 e. The molecule has 0 unspecified atom stereocenters. The van der Waals surface area contributed by atoms with Crippen LogP contribution in [-0.4, -0.2) is 36.7 Å². The van der Waals surface area contributed by atoms with E-state index in [9.17, 15) is 14.0 Å². The molecule has 0 saturated heterocycles. The van der Waals surface area contributed by atoms with Crippen LogP contribution in [0.2, 0.25) is 0 Å². The van der Waals surface area contributed by atoms with Gasteiger partial charge in [-0.1, -0.05) is 26.0 Å². The van der Waals surface area contributed by atoms with Crippen molar-refractivity contribution >= 4 is 12.1 Å². The predicted octanol–water partition coefficient (Wildman–Crippen LogP) is 2.98. The number of carbonyl (C=O) groups excluding carboxylic acids is 2. The second-order valence-corrected chi connectivity index (χ2v) is 5.42. The van der Waals surface area contributed by atoms with Crippen LogP contribution < -0.4 is 0 Å². The summed E-state index contributed by atoms with van der Waals surface area (Å²) in [6.45, 7) is 5.79. The first kappa shape index (κ1) is 17.9. The summed E-state index contributed by atoms with van der Waals surface area (Å²) in [5.41, 5.74) is 0.693. The van der Waals surface area contributed by atoms with Crippen LogP contribution in [0.1, 0.15) is 26.3 Å². The highest BCUT2D eigenvalue weighted by molar-refractivity contribution is 5.81. The van der Waals surface area contributed by atoms with Gasteiger partial charge in [0.1, 0.15) is 11.9 Å². The Morgan fingerprint density at radius 1 is 1.18 bits per heavy atom. The molecule has 0 aliphatic heterocycles. The van der Waals surface area contributed by atoms with E-state index in [0.29, 0.717) is 5.56 Å². The highest BCUT2D eigenvalue weighted by Gasteiger charge is 2.28. The van der Waals surface area contributed by atoms with Gasteiger partial charge in [0.2, 0.25) is 0 Å². The second kappa shape index (κ2) is 8.36. The maximum Gasteiger partial charge on any atom is 0.410 e. The second-order valence-electron chi connectivity index (χ2n) is 5.42. The Labute approximate surface area is 130 Å². The Kier molecular flexibility index (Phi) is 6.82. The Morgan fingerprint density at radius 2 is 1.77 bits per heavy atom. The maximum atomic E-state index is 13.0. The zero-order valence-corrected chi connectivity index (χ0v) is 13.3. The van der Waals surface area contributed by atoms with Crippen LogP contribution in [0.15, 0.2) is 24.3 Å². The van der Waals surface area contributed by atoms with Gasteiger partial charge in [0.05, 0.1) is 13.7 Å². The first-order valence-corrected chi connectivity index (χ1v) is 7.10. The van der Waals surface area contributed by atoms with Gasteiger partial charge < -0.3 is 9.47 Å². The van der Waals surface area contributed by atoms with Crippen LogP contribution >= 0.6 is 0 Å². The van der Waals surface area contributed by atoms with Gasteiger partial charge >= 0.3 is 12.1 Å². The molecule has 0 radical (unpaired) electrons. The van der Waals surface area contributed by atoms with E-state index in [2.05, 4.69) is 4.74 Å². The van der Waals surface area contributed by atoms with Crippen molar-refractivity contribution in [2.45, 2.75) is 33.4 Å². The summed E-state index contributed by atoms with van der Waals surface area (Å²) in [5, 5.41) is 0. The number of amides is 1. The van der Waals surface area contributed by atoms with Crippen molar-refractivity contribution in [3.63, 3.8) is 0 Å². The lowest BCUT2D eigenvalue weighted by Gasteiger charge is -2.27. The molecule has 1 amide bonds. The van der Waals surface area contributed by atoms with E-state index in [4.69, 9.17) is 4.74 Å². The molecule has 0 fully saturated rings. The van der Waals surface area contributed by atoms with Crippen molar-refractivity contribution in [3.8, 4) is 0 Å². The van der Waals surface area contributed by atoms with Crippen molar-refractivity contribution in [2.75, 3.05) is 13.7 Å². The van der Waals surface area contributed by atoms with Crippen molar-refractivity contribution in [1.29, 1.82) is 0 Å². The molecule has 0 heterocycles. The van der Waals surface area contributed by atoms with Gasteiger partial charge in [-0.25, -0.2) is 14.0 Å². The molecule has 0 saturated carbocycles. The SMILES string of the molecule is COC(=O)[C@H](C)N(Cc1ccc(F)cc1)C(=O)OCC(C)C. The van der Waals surface area contributed by atoms with Crippen LogP contribution in [0.25, 0.3) is 0 Å². The number of methoxy groups -OCH3 is 1. The first-order chi connectivity index (χ1) is 10.3. The lowest BCUT2D eigenvalue weighted by molar-refractivity contribution is -0.146. The number of benzene rings is 1. The van der Waals surface area contributed by atoms with E-state index in [-0.39, 0.29) is 24.9 Å². The zero-order valence-electron chi connectivity index (χ0n) is 13.3. The van der Waals surface area contributed by atoms with Gasteiger partial charge in [-0.2, -0.15) is 0 Å². The standard InChI is InChI=1S/C16H22FNO4/c1-11(2)10-22-16(20)18(12(3)15(19)21-4)9-13-5-7-14(17)8-6-13/h5-8,11-12H,9-10H2,1-4H3/t12-/m0/s1. The summed E-state index contributed by atoms with van der Waals surface area (Å²) in [6.07, 6.45) is -0.601. The Hall–Kier alpha value is -2.11. The highest BCUT2D eigenvalue weighted by Crippen LogP contribution is 2.13. The molecule has 22 heavy (non-hydrogen) atoms. The number of nitrogens with zero attached hydrogens (tertiary/aromatic N) is 1. The third-order valence-electron chi connectivity index (χ3n) is 3.05. The van der Waals surface area contributed by atoms with Gasteiger partial charge in [-0.05, 0) is 30.5 Å². The van der Waals surface area contributed by atoms with Crippen molar-refractivity contribution < 1.29 is 23.5 Å². The number of hydrogen-bond acceptors (Lipinski definition) is 4. The molecule has 1 aromatic rings.